The third-order valence-corrected chi connectivity index (χ3v) is 5.42. The Bertz CT molecular complexity index is 739. The number of rotatable bonds is 5. The molecule has 1 saturated carbocycles. The number of hydrogen-bond donors (Lipinski definition) is 0. The van der Waals surface area contributed by atoms with Gasteiger partial charge in [0.05, 0.1) is 11.8 Å². The van der Waals surface area contributed by atoms with Crippen molar-refractivity contribution < 1.29 is 9.18 Å². The van der Waals surface area contributed by atoms with Gasteiger partial charge in [-0.3, -0.25) is 4.79 Å². The molecule has 25 heavy (non-hydrogen) atoms. The fraction of sp³-hybridized carbons (Fsp3) is 0.500. The van der Waals surface area contributed by atoms with E-state index in [2.05, 4.69) is 20.4 Å². The summed E-state index contributed by atoms with van der Waals surface area (Å²) in [5.74, 6) is 0.223. The number of nitrogens with zero attached hydrogens (tertiary/aromatic N) is 6. The highest BCUT2D eigenvalue weighted by atomic mass is 32.2. The lowest BCUT2D eigenvalue weighted by Gasteiger charge is -2.36. The molecule has 9 heteroatoms. The Kier molecular flexibility index (Phi) is 4.56. The van der Waals surface area contributed by atoms with Gasteiger partial charge in [-0.15, -0.1) is 5.10 Å². The molecule has 2 aliphatic rings. The topological polar surface area (TPSA) is 67.2 Å². The maximum atomic E-state index is 13.0. The molecule has 2 fully saturated rings. The molecular formula is C16H19FN6OS. The Labute approximate surface area is 149 Å². The molecule has 1 aliphatic heterocycles. The fourth-order valence-corrected chi connectivity index (χ4v) is 3.76. The zero-order valence-corrected chi connectivity index (χ0v) is 14.5. The first-order valence-electron chi connectivity index (χ1n) is 8.39. The lowest BCUT2D eigenvalue weighted by molar-refractivity contribution is -0.128. The Hall–Kier alpha value is -2.16. The molecule has 0 spiro atoms. The summed E-state index contributed by atoms with van der Waals surface area (Å²) in [6.45, 7) is 2.85. The van der Waals surface area contributed by atoms with Gasteiger partial charge in [-0.1, -0.05) is 11.8 Å². The third-order valence-electron chi connectivity index (χ3n) is 4.50. The van der Waals surface area contributed by atoms with Gasteiger partial charge in [0.2, 0.25) is 11.1 Å². The second-order valence-corrected chi connectivity index (χ2v) is 7.21. The van der Waals surface area contributed by atoms with Crippen molar-refractivity contribution in [1.29, 1.82) is 0 Å². The van der Waals surface area contributed by atoms with E-state index in [0.29, 0.717) is 24.9 Å². The number of hydrogen-bond acceptors (Lipinski definition) is 6. The van der Waals surface area contributed by atoms with Gasteiger partial charge in [0.15, 0.2) is 0 Å². The smallest absolute Gasteiger partial charge is 0.233 e. The number of halogens is 1. The molecule has 2 aromatic rings. The van der Waals surface area contributed by atoms with Crippen LogP contribution in [0.4, 0.5) is 10.1 Å². The molecule has 1 aromatic heterocycles. The molecule has 2 heterocycles. The maximum Gasteiger partial charge on any atom is 0.233 e. The predicted molar refractivity (Wildman–Crippen MR) is 92.0 cm³/mol. The summed E-state index contributed by atoms with van der Waals surface area (Å²) >= 11 is 1.40. The summed E-state index contributed by atoms with van der Waals surface area (Å²) in [5.41, 5.74) is 0.992. The number of benzene rings is 1. The lowest BCUT2D eigenvalue weighted by Crippen LogP contribution is -2.49. The Morgan fingerprint density at radius 2 is 1.88 bits per heavy atom. The standard InChI is InChI=1S/C16H19FN6OS/c17-12-1-3-13(4-2-12)21-7-9-22(10-8-21)15(24)11-25-16-18-19-20-23(16)14-5-6-14/h1-4,14H,5-11H2. The van der Waals surface area contributed by atoms with Gasteiger partial charge in [-0.25, -0.2) is 9.07 Å². The first-order chi connectivity index (χ1) is 12.2. The molecule has 0 atom stereocenters. The maximum absolute atomic E-state index is 13.0. The van der Waals surface area contributed by atoms with Gasteiger partial charge < -0.3 is 9.80 Å². The normalized spacial score (nSPS) is 17.8. The number of thioether (sulfide) groups is 1. The first kappa shape index (κ1) is 16.3. The largest absolute Gasteiger partial charge is 0.368 e. The monoisotopic (exact) mass is 362 g/mol. The molecule has 1 amide bonds. The number of carbonyl (C=O) groups is 1. The van der Waals surface area contributed by atoms with Gasteiger partial charge in [-0.05, 0) is 47.5 Å². The number of amides is 1. The predicted octanol–water partition coefficient (Wildman–Crippen LogP) is 1.59. The number of aromatic nitrogens is 4. The summed E-state index contributed by atoms with van der Waals surface area (Å²) in [4.78, 5) is 16.5. The Balaban J connectivity index is 1.27. The quantitative estimate of drug-likeness (QED) is 0.753. The zero-order chi connectivity index (χ0) is 17.2. The van der Waals surface area contributed by atoms with Crippen LogP contribution in [0.3, 0.4) is 0 Å². The van der Waals surface area contributed by atoms with Gasteiger partial charge in [0.25, 0.3) is 0 Å². The summed E-state index contributed by atoms with van der Waals surface area (Å²) < 4.78 is 14.8. The lowest BCUT2D eigenvalue weighted by atomic mass is 10.2. The average molecular weight is 362 g/mol. The van der Waals surface area contributed by atoms with Crippen LogP contribution in [-0.4, -0.2) is 62.9 Å². The zero-order valence-electron chi connectivity index (χ0n) is 13.7. The van der Waals surface area contributed by atoms with E-state index < -0.39 is 0 Å². The highest BCUT2D eigenvalue weighted by Gasteiger charge is 2.28. The van der Waals surface area contributed by atoms with Crippen LogP contribution >= 0.6 is 11.8 Å². The average Bonchev–Trinajstić information content (AvgIpc) is 3.38. The highest BCUT2D eigenvalue weighted by Crippen LogP contribution is 2.36. The number of piperazine rings is 1. The van der Waals surface area contributed by atoms with Crippen molar-refractivity contribution >= 4 is 23.4 Å². The molecule has 0 unspecified atom stereocenters. The van der Waals surface area contributed by atoms with E-state index in [1.165, 1.54) is 23.9 Å². The van der Waals surface area contributed by atoms with Gasteiger partial charge in [0, 0.05) is 31.9 Å². The molecule has 0 radical (unpaired) electrons. The molecular weight excluding hydrogens is 343 g/mol. The van der Waals surface area contributed by atoms with Crippen LogP contribution < -0.4 is 4.90 Å². The van der Waals surface area contributed by atoms with Crippen LogP contribution in [0.15, 0.2) is 29.4 Å². The van der Waals surface area contributed by atoms with Gasteiger partial charge >= 0.3 is 0 Å². The fourth-order valence-electron chi connectivity index (χ4n) is 2.91. The molecule has 7 nitrogen and oxygen atoms in total. The van der Waals surface area contributed by atoms with Crippen molar-refractivity contribution in [1.82, 2.24) is 25.1 Å². The van der Waals surface area contributed by atoms with Crippen molar-refractivity contribution in [3.63, 3.8) is 0 Å². The van der Waals surface area contributed by atoms with Crippen LogP contribution in [0, 0.1) is 5.82 Å². The molecule has 1 saturated heterocycles. The van der Waals surface area contributed by atoms with Crippen LogP contribution in [0.2, 0.25) is 0 Å². The van der Waals surface area contributed by atoms with Gasteiger partial charge in [0.1, 0.15) is 5.82 Å². The molecule has 0 N–H and O–H groups in total. The van der Waals surface area contributed by atoms with E-state index in [1.807, 2.05) is 9.58 Å². The second-order valence-electron chi connectivity index (χ2n) is 6.27. The van der Waals surface area contributed by atoms with E-state index in [0.717, 1.165) is 36.8 Å². The third kappa shape index (κ3) is 3.76. The Morgan fingerprint density at radius 3 is 2.56 bits per heavy atom. The minimum absolute atomic E-state index is 0.106. The first-order valence-corrected chi connectivity index (χ1v) is 9.38. The molecule has 4 rings (SSSR count). The molecule has 132 valence electrons. The van der Waals surface area contributed by atoms with Crippen molar-refractivity contribution in [3.8, 4) is 0 Å². The van der Waals surface area contributed by atoms with Gasteiger partial charge in [-0.2, -0.15) is 0 Å². The van der Waals surface area contributed by atoms with Crippen molar-refractivity contribution in [2.24, 2.45) is 0 Å². The second kappa shape index (κ2) is 6.99. The summed E-state index contributed by atoms with van der Waals surface area (Å²) in [6, 6.07) is 6.90. The van der Waals surface area contributed by atoms with E-state index >= 15 is 0 Å². The number of anilines is 1. The minimum Gasteiger partial charge on any atom is -0.368 e. The van der Waals surface area contributed by atoms with E-state index in [9.17, 15) is 9.18 Å². The van der Waals surface area contributed by atoms with Crippen LogP contribution in [0.5, 0.6) is 0 Å². The molecule has 0 bridgehead atoms. The summed E-state index contributed by atoms with van der Waals surface area (Å²) in [6.07, 6.45) is 2.22. The SMILES string of the molecule is O=C(CSc1nnnn1C1CC1)N1CCN(c2ccc(F)cc2)CC1. The van der Waals surface area contributed by atoms with Crippen LogP contribution in [-0.2, 0) is 4.79 Å². The minimum atomic E-state index is -0.233. The molecule has 1 aromatic carbocycles. The van der Waals surface area contributed by atoms with Crippen molar-refractivity contribution in [3.05, 3.63) is 30.1 Å². The molecule has 1 aliphatic carbocycles. The van der Waals surface area contributed by atoms with E-state index in [-0.39, 0.29) is 11.7 Å². The number of carbonyl (C=O) groups excluding carboxylic acids is 1. The summed E-state index contributed by atoms with van der Waals surface area (Å²) in [5, 5.41) is 12.4. The number of tetrazole rings is 1. The van der Waals surface area contributed by atoms with Crippen LogP contribution in [0.25, 0.3) is 0 Å². The Morgan fingerprint density at radius 1 is 1.16 bits per heavy atom. The van der Waals surface area contributed by atoms with Crippen molar-refractivity contribution in [2.45, 2.75) is 24.0 Å². The van der Waals surface area contributed by atoms with Crippen molar-refractivity contribution in [2.75, 3.05) is 36.8 Å². The highest BCUT2D eigenvalue weighted by molar-refractivity contribution is 7.99. The van der Waals surface area contributed by atoms with Crippen LogP contribution in [0.1, 0.15) is 18.9 Å². The summed E-state index contributed by atoms with van der Waals surface area (Å²) in [7, 11) is 0. The van der Waals surface area contributed by atoms with E-state index in [1.54, 1.807) is 12.1 Å². The van der Waals surface area contributed by atoms with E-state index in [4.69, 9.17) is 0 Å².